The van der Waals surface area contributed by atoms with Crippen LogP contribution in [0.5, 0.6) is 0 Å². The minimum atomic E-state index is -4.66. The van der Waals surface area contributed by atoms with Gasteiger partial charge in [0.25, 0.3) is 0 Å². The van der Waals surface area contributed by atoms with Crippen LogP contribution < -0.4 is 0 Å². The lowest BCUT2D eigenvalue weighted by molar-refractivity contribution is -0.0888. The number of aliphatic hydroxyl groups excluding tert-OH is 2. The highest BCUT2D eigenvalue weighted by Crippen LogP contribution is 2.51. The van der Waals surface area contributed by atoms with Crippen molar-refractivity contribution in [1.82, 2.24) is 0 Å². The van der Waals surface area contributed by atoms with Crippen LogP contribution in [-0.2, 0) is 36.0 Å². The van der Waals surface area contributed by atoms with Crippen molar-refractivity contribution in [3.63, 3.8) is 0 Å². The van der Waals surface area contributed by atoms with Crippen LogP contribution in [0, 0.1) is 11.8 Å². The molecule has 16 heteroatoms. The average molecular weight is 620 g/mol. The molecule has 1 fully saturated rings. The summed E-state index contributed by atoms with van der Waals surface area (Å²) >= 11 is 0. The molecule has 0 aliphatic heterocycles. The monoisotopic (exact) mass is 619 g/mol. The van der Waals surface area contributed by atoms with E-state index in [1.807, 2.05) is 13.0 Å². The third-order valence-electron chi connectivity index (χ3n) is 6.43. The summed E-state index contributed by atoms with van der Waals surface area (Å²) in [6, 6.07) is 8.93. The zero-order chi connectivity index (χ0) is 30.0. The van der Waals surface area contributed by atoms with E-state index in [2.05, 4.69) is 4.18 Å². The fraction of sp³-hybridized carbons (Fsp3) is 0.739. The normalized spacial score (nSPS) is 26.3. The minimum absolute atomic E-state index is 0.0474. The second kappa shape index (κ2) is 15.9. The molecule has 230 valence electrons. The van der Waals surface area contributed by atoms with E-state index in [4.69, 9.17) is 4.74 Å². The third kappa shape index (κ3) is 14.0. The van der Waals surface area contributed by atoms with E-state index in [-0.39, 0.29) is 19.4 Å². The molecule has 7 unspecified atom stereocenters. The van der Waals surface area contributed by atoms with Crippen molar-refractivity contribution in [2.45, 2.75) is 89.1 Å². The van der Waals surface area contributed by atoms with E-state index in [9.17, 15) is 49.8 Å². The van der Waals surface area contributed by atoms with E-state index in [1.54, 1.807) is 31.2 Å². The van der Waals surface area contributed by atoms with Gasteiger partial charge >= 0.3 is 0 Å². The van der Waals surface area contributed by atoms with Crippen LogP contribution in [0.25, 0.3) is 0 Å². The van der Waals surface area contributed by atoms with Gasteiger partial charge in [0, 0.05) is 12.2 Å². The maximum atomic E-state index is 11.9. The lowest BCUT2D eigenvalue weighted by atomic mass is 9.78. The molecule has 1 aliphatic rings. The first-order valence-electron chi connectivity index (χ1n) is 12.4. The molecule has 1 aromatic carbocycles. The molecular weight excluding hydrogens is 580 g/mol. The van der Waals surface area contributed by atoms with Crippen molar-refractivity contribution in [3.8, 4) is 0 Å². The molecule has 0 aromatic heterocycles. The first kappa shape index (κ1) is 36.1. The number of benzene rings is 1. The number of hydrogen-bond donors (Lipinski definition) is 4. The second-order valence-electron chi connectivity index (χ2n) is 9.62. The second-order valence-corrected chi connectivity index (χ2v) is 13.7. The van der Waals surface area contributed by atoms with E-state index in [1.165, 1.54) is 6.92 Å². The average Bonchev–Trinajstić information content (AvgIpc) is 2.78. The quantitative estimate of drug-likeness (QED) is 0.183. The summed E-state index contributed by atoms with van der Waals surface area (Å²) in [6.07, 6.45) is -1.87. The summed E-state index contributed by atoms with van der Waals surface area (Å²) in [6.45, 7) is 5.13. The largest absolute Gasteiger partial charge is 0.772 e. The van der Waals surface area contributed by atoms with Gasteiger partial charge in [0.2, 0.25) is 10.4 Å². The summed E-state index contributed by atoms with van der Waals surface area (Å²) in [5.41, 5.74) is 0.771. The predicted octanol–water partition coefficient (Wildman–Crippen LogP) is 2.18. The maximum Gasteiger partial charge on any atom is 0.217 e. The smallest absolute Gasteiger partial charge is 0.217 e. The summed E-state index contributed by atoms with van der Waals surface area (Å²) in [5, 5.41) is 18.3. The Morgan fingerprint density at radius 3 is 2.10 bits per heavy atom. The van der Waals surface area contributed by atoms with Crippen molar-refractivity contribution in [2.75, 3.05) is 5.75 Å². The Kier molecular flexibility index (Phi) is 14.8. The number of rotatable bonds is 13. The highest BCUT2D eigenvalue weighted by Gasteiger charge is 2.47. The van der Waals surface area contributed by atoms with Crippen molar-refractivity contribution in [2.24, 2.45) is 11.8 Å². The van der Waals surface area contributed by atoms with Gasteiger partial charge < -0.3 is 37.7 Å². The molecule has 1 saturated carbocycles. The topological polar surface area (TPSA) is 237 Å². The Labute approximate surface area is 232 Å². The highest BCUT2D eigenvalue weighted by atomic mass is 32.3. The van der Waals surface area contributed by atoms with Crippen LogP contribution in [0.15, 0.2) is 30.3 Å². The molecule has 13 nitrogen and oxygen atoms in total. The van der Waals surface area contributed by atoms with Crippen LogP contribution in [0.2, 0.25) is 0 Å². The van der Waals surface area contributed by atoms with Gasteiger partial charge in [-0.05, 0) is 36.7 Å². The summed E-state index contributed by atoms with van der Waals surface area (Å²) in [7, 11) is -13.6. The highest BCUT2D eigenvalue weighted by molar-refractivity contribution is 8.19. The third-order valence-corrected chi connectivity index (χ3v) is 9.18. The molecule has 7 atom stereocenters. The molecule has 39 heavy (non-hydrogen) atoms. The van der Waals surface area contributed by atoms with Gasteiger partial charge in [0.15, 0.2) is 0 Å². The van der Waals surface area contributed by atoms with Gasteiger partial charge in [-0.25, -0.2) is 16.8 Å². The molecule has 1 aliphatic carbocycles. The van der Waals surface area contributed by atoms with Crippen molar-refractivity contribution in [1.29, 1.82) is 0 Å². The van der Waals surface area contributed by atoms with Gasteiger partial charge in [0.05, 0.1) is 46.4 Å². The Morgan fingerprint density at radius 2 is 1.64 bits per heavy atom. The molecule has 2 rings (SSSR count). The van der Waals surface area contributed by atoms with E-state index in [0.717, 1.165) is 12.0 Å². The molecule has 0 radical (unpaired) electrons. The predicted molar refractivity (Wildman–Crippen MR) is 141 cm³/mol. The molecular formula is C23H39O13S3-3. The van der Waals surface area contributed by atoms with Gasteiger partial charge in [0.1, 0.15) is 0 Å². The lowest BCUT2D eigenvalue weighted by Gasteiger charge is -2.53. The standard InChI is InChI=1S/C15H24O8S2.C8H18O5S/c1-10-12(9-24(17,18)19)7-13(16)14(15(10)25(20,21)22)23-8-11-5-3-2-4-6-11;1-3-5-7(9)6-8(4-2)13-14(10,11)12/h2-6,10,12-16,20-22H,7-9H2,1H3,(H,17,18,19);7-9H,3-6H2,1-2H3,(H,10,11,12)/p-3. The van der Waals surface area contributed by atoms with Crippen LogP contribution in [0.3, 0.4) is 0 Å². The Morgan fingerprint density at radius 1 is 1.05 bits per heavy atom. The van der Waals surface area contributed by atoms with Crippen LogP contribution in [-0.4, -0.2) is 85.2 Å². The molecule has 0 spiro atoms. The molecule has 0 heterocycles. The molecule has 1 aromatic rings. The van der Waals surface area contributed by atoms with Crippen LogP contribution >= 0.6 is 10.9 Å². The van der Waals surface area contributed by atoms with Gasteiger partial charge in [-0.15, -0.1) is 0 Å². The lowest BCUT2D eigenvalue weighted by Crippen LogP contribution is -2.54. The molecule has 0 bridgehead atoms. The molecule has 4 N–H and O–H groups in total. The van der Waals surface area contributed by atoms with Gasteiger partial charge in [-0.3, -0.25) is 4.18 Å². The fourth-order valence-corrected chi connectivity index (χ4v) is 7.45. The SMILES string of the molecule is CC1C(CS(=O)(=O)[O-])CC(O)C(OCc2ccccc2)C1S([O-])(O)O.CCCC(O)CC(CC)OS(=O)(=O)[O-]. The van der Waals surface area contributed by atoms with Crippen molar-refractivity contribution >= 4 is 31.4 Å². The van der Waals surface area contributed by atoms with E-state index >= 15 is 0 Å². The van der Waals surface area contributed by atoms with Crippen LogP contribution in [0.4, 0.5) is 0 Å². The number of hydrogen-bond acceptors (Lipinski definition) is 13. The molecule has 0 amide bonds. The Balaban J connectivity index is 0.000000464. The zero-order valence-corrected chi connectivity index (χ0v) is 24.5. The van der Waals surface area contributed by atoms with E-state index in [0.29, 0.717) is 12.8 Å². The summed E-state index contributed by atoms with van der Waals surface area (Å²) in [5.74, 6) is -2.43. The first-order valence-corrected chi connectivity index (χ1v) is 16.9. The minimum Gasteiger partial charge on any atom is -0.772 e. The van der Waals surface area contributed by atoms with Crippen molar-refractivity contribution in [3.05, 3.63) is 35.9 Å². The van der Waals surface area contributed by atoms with Gasteiger partial charge in [-0.2, -0.15) is 0 Å². The van der Waals surface area contributed by atoms with Crippen molar-refractivity contribution < 1.29 is 58.7 Å². The molecule has 0 saturated heterocycles. The fourth-order valence-electron chi connectivity index (χ4n) is 4.55. The first-order chi connectivity index (χ1) is 17.9. The number of aliphatic hydroxyl groups is 2. The van der Waals surface area contributed by atoms with Gasteiger partial charge in [-0.1, -0.05) is 68.4 Å². The number of ether oxygens (including phenoxy) is 1. The zero-order valence-electron chi connectivity index (χ0n) is 22.1. The van der Waals surface area contributed by atoms with E-state index < -0.39 is 78.6 Å². The maximum absolute atomic E-state index is 11.9. The Hall–Kier alpha value is -0.890. The summed E-state index contributed by atoms with van der Waals surface area (Å²) in [4.78, 5) is 0. The van der Waals surface area contributed by atoms with Crippen LogP contribution in [0.1, 0.15) is 58.4 Å². The summed E-state index contributed by atoms with van der Waals surface area (Å²) < 4.78 is 105. The Bertz CT molecular complexity index is 1040.